The third kappa shape index (κ3) is 3.12. The van der Waals surface area contributed by atoms with Gasteiger partial charge in [0.15, 0.2) is 11.5 Å². The Labute approximate surface area is 144 Å². The zero-order valence-corrected chi connectivity index (χ0v) is 14.5. The first-order valence-electron chi connectivity index (χ1n) is 8.19. The molecule has 0 amide bonds. The molecule has 0 spiro atoms. The second-order valence-electron chi connectivity index (χ2n) is 6.08. The van der Waals surface area contributed by atoms with Gasteiger partial charge in [-0.3, -0.25) is 0 Å². The number of furan rings is 1. The summed E-state index contributed by atoms with van der Waals surface area (Å²) in [5.41, 5.74) is 2.50. The Hall–Kier alpha value is -1.46. The van der Waals surface area contributed by atoms with E-state index in [2.05, 4.69) is 39.4 Å². The average Bonchev–Trinajstić information content (AvgIpc) is 2.91. The van der Waals surface area contributed by atoms with Crippen molar-refractivity contribution in [3.05, 3.63) is 45.8 Å². The van der Waals surface area contributed by atoms with Crippen LogP contribution in [0.5, 0.6) is 11.5 Å². The van der Waals surface area contributed by atoms with Crippen LogP contribution in [-0.2, 0) is 13.0 Å². The maximum atomic E-state index is 5.81. The van der Waals surface area contributed by atoms with E-state index in [1.165, 1.54) is 17.5 Å². The first-order valence-corrected chi connectivity index (χ1v) is 8.98. The average molecular weight is 378 g/mol. The fourth-order valence-electron chi connectivity index (χ4n) is 3.33. The minimum atomic E-state index is 0.368. The number of benzene rings is 1. The van der Waals surface area contributed by atoms with Crippen LogP contribution in [0.2, 0.25) is 0 Å². The van der Waals surface area contributed by atoms with Crippen LogP contribution in [0.15, 0.2) is 33.4 Å². The number of halogens is 1. The molecule has 23 heavy (non-hydrogen) atoms. The summed E-state index contributed by atoms with van der Waals surface area (Å²) < 4.78 is 18.1. The topological polar surface area (TPSA) is 43.6 Å². The van der Waals surface area contributed by atoms with E-state index < -0.39 is 0 Å². The molecule has 4 nitrogen and oxygen atoms in total. The lowest BCUT2D eigenvalue weighted by Gasteiger charge is -2.23. The number of fused-ring (bicyclic) bond motifs is 2. The Morgan fingerprint density at radius 1 is 1.17 bits per heavy atom. The summed E-state index contributed by atoms with van der Waals surface area (Å²) in [6.45, 7) is 2.20. The number of hydrogen-bond donors (Lipinski definition) is 1. The lowest BCUT2D eigenvalue weighted by atomic mass is 9.93. The standard InChI is InChI=1S/C18H20BrNO3/c19-14-9-12(10-17-18(14)23-7-2-6-21-17)11-20-15-3-1-4-16-13(15)5-8-22-16/h5,8-10,15,20H,1-4,6-7,11H2. The lowest BCUT2D eigenvalue weighted by Crippen LogP contribution is -2.24. The maximum absolute atomic E-state index is 5.81. The second-order valence-corrected chi connectivity index (χ2v) is 6.93. The number of ether oxygens (including phenoxy) is 2. The van der Waals surface area contributed by atoms with E-state index in [0.717, 1.165) is 47.5 Å². The first kappa shape index (κ1) is 15.1. The molecule has 2 aliphatic rings. The molecule has 0 bridgehead atoms. The molecule has 0 saturated carbocycles. The van der Waals surface area contributed by atoms with Crippen molar-refractivity contribution in [2.24, 2.45) is 0 Å². The molecule has 0 radical (unpaired) electrons. The van der Waals surface area contributed by atoms with Crippen molar-refractivity contribution in [1.29, 1.82) is 0 Å². The highest BCUT2D eigenvalue weighted by Crippen LogP contribution is 2.38. The summed E-state index contributed by atoms with van der Waals surface area (Å²) in [5.74, 6) is 2.79. The van der Waals surface area contributed by atoms with Crippen LogP contribution in [0.3, 0.4) is 0 Å². The van der Waals surface area contributed by atoms with E-state index >= 15 is 0 Å². The summed E-state index contributed by atoms with van der Waals surface area (Å²) in [4.78, 5) is 0. The molecular formula is C18H20BrNO3. The fraction of sp³-hybridized carbons (Fsp3) is 0.444. The largest absolute Gasteiger partial charge is 0.490 e. The van der Waals surface area contributed by atoms with Gasteiger partial charge < -0.3 is 19.2 Å². The van der Waals surface area contributed by atoms with Crippen molar-refractivity contribution >= 4 is 15.9 Å². The van der Waals surface area contributed by atoms with E-state index in [-0.39, 0.29) is 0 Å². The van der Waals surface area contributed by atoms with E-state index in [0.29, 0.717) is 19.3 Å². The monoisotopic (exact) mass is 377 g/mol. The predicted molar refractivity (Wildman–Crippen MR) is 91.0 cm³/mol. The number of aryl methyl sites for hydroxylation is 1. The Morgan fingerprint density at radius 3 is 3.04 bits per heavy atom. The predicted octanol–water partition coefficient (Wildman–Crippen LogP) is 4.37. The fourth-order valence-corrected chi connectivity index (χ4v) is 3.93. The smallest absolute Gasteiger partial charge is 0.175 e. The molecule has 1 aromatic carbocycles. The van der Waals surface area contributed by atoms with Crippen molar-refractivity contribution in [3.63, 3.8) is 0 Å². The van der Waals surface area contributed by atoms with Crippen molar-refractivity contribution in [3.8, 4) is 11.5 Å². The SMILES string of the molecule is Brc1cc(CNC2CCCc3occc32)cc2c1OCCCO2. The highest BCUT2D eigenvalue weighted by Gasteiger charge is 2.22. The molecule has 1 aromatic heterocycles. The molecule has 2 heterocycles. The van der Waals surface area contributed by atoms with Gasteiger partial charge in [0.25, 0.3) is 0 Å². The Morgan fingerprint density at radius 2 is 2.09 bits per heavy atom. The van der Waals surface area contributed by atoms with Crippen molar-refractivity contribution in [2.45, 2.75) is 38.3 Å². The van der Waals surface area contributed by atoms with Crippen molar-refractivity contribution < 1.29 is 13.9 Å². The number of nitrogens with one attached hydrogen (secondary N) is 1. The molecule has 1 aliphatic carbocycles. The third-order valence-corrected chi connectivity index (χ3v) is 5.06. The Balaban J connectivity index is 1.50. The molecule has 122 valence electrons. The maximum Gasteiger partial charge on any atom is 0.175 e. The third-order valence-electron chi connectivity index (χ3n) is 4.47. The Kier molecular flexibility index (Phi) is 4.31. The van der Waals surface area contributed by atoms with Gasteiger partial charge in [0.2, 0.25) is 0 Å². The van der Waals surface area contributed by atoms with Gasteiger partial charge in [-0.05, 0) is 52.5 Å². The molecule has 1 unspecified atom stereocenters. The first-order chi connectivity index (χ1) is 11.3. The zero-order valence-electron chi connectivity index (χ0n) is 12.9. The quantitative estimate of drug-likeness (QED) is 0.862. The van der Waals surface area contributed by atoms with Gasteiger partial charge in [0, 0.05) is 31.0 Å². The molecule has 1 N–H and O–H groups in total. The van der Waals surface area contributed by atoms with E-state index in [1.54, 1.807) is 6.26 Å². The summed E-state index contributed by atoms with van der Waals surface area (Å²) in [5, 5.41) is 3.65. The van der Waals surface area contributed by atoms with Crippen LogP contribution in [0.25, 0.3) is 0 Å². The lowest BCUT2D eigenvalue weighted by molar-refractivity contribution is 0.296. The van der Waals surface area contributed by atoms with Gasteiger partial charge in [-0.25, -0.2) is 0 Å². The molecule has 0 saturated heterocycles. The van der Waals surface area contributed by atoms with Gasteiger partial charge in [-0.2, -0.15) is 0 Å². The summed E-state index contributed by atoms with van der Waals surface area (Å²) in [6.07, 6.45) is 6.09. The highest BCUT2D eigenvalue weighted by molar-refractivity contribution is 9.10. The van der Waals surface area contributed by atoms with Crippen LogP contribution >= 0.6 is 15.9 Å². The molecule has 1 atom stereocenters. The molecule has 5 heteroatoms. The highest BCUT2D eigenvalue weighted by atomic mass is 79.9. The summed E-state index contributed by atoms with van der Waals surface area (Å²) in [6, 6.07) is 6.65. The minimum absolute atomic E-state index is 0.368. The van der Waals surface area contributed by atoms with Crippen molar-refractivity contribution in [2.75, 3.05) is 13.2 Å². The van der Waals surface area contributed by atoms with Gasteiger partial charge in [-0.15, -0.1) is 0 Å². The van der Waals surface area contributed by atoms with Gasteiger partial charge in [0.1, 0.15) is 5.76 Å². The minimum Gasteiger partial charge on any atom is -0.490 e. The van der Waals surface area contributed by atoms with Crippen LogP contribution in [-0.4, -0.2) is 13.2 Å². The molecular weight excluding hydrogens is 358 g/mol. The van der Waals surface area contributed by atoms with Gasteiger partial charge in [0.05, 0.1) is 23.9 Å². The zero-order chi connectivity index (χ0) is 15.6. The number of rotatable bonds is 3. The molecule has 2 aromatic rings. The van der Waals surface area contributed by atoms with Crippen LogP contribution in [0.1, 0.15) is 42.2 Å². The Bertz CT molecular complexity index is 698. The van der Waals surface area contributed by atoms with Gasteiger partial charge >= 0.3 is 0 Å². The second kappa shape index (κ2) is 6.57. The van der Waals surface area contributed by atoms with Crippen LogP contribution in [0, 0.1) is 0 Å². The molecule has 4 rings (SSSR count). The molecule has 0 fully saturated rings. The van der Waals surface area contributed by atoms with Gasteiger partial charge in [-0.1, -0.05) is 0 Å². The van der Waals surface area contributed by atoms with E-state index in [4.69, 9.17) is 13.9 Å². The van der Waals surface area contributed by atoms with Crippen LogP contribution in [0.4, 0.5) is 0 Å². The number of hydrogen-bond acceptors (Lipinski definition) is 4. The van der Waals surface area contributed by atoms with E-state index in [1.807, 2.05) is 0 Å². The summed E-state index contributed by atoms with van der Waals surface area (Å²) >= 11 is 3.61. The van der Waals surface area contributed by atoms with Crippen molar-refractivity contribution in [1.82, 2.24) is 5.32 Å². The molecule has 1 aliphatic heterocycles. The normalized spacial score (nSPS) is 20.0. The van der Waals surface area contributed by atoms with E-state index in [9.17, 15) is 0 Å². The summed E-state index contributed by atoms with van der Waals surface area (Å²) in [7, 11) is 0. The van der Waals surface area contributed by atoms with Crippen LogP contribution < -0.4 is 14.8 Å².